The Morgan fingerprint density at radius 3 is 1.84 bits per heavy atom. The quantitative estimate of drug-likeness (QED) is 0.0664. The van der Waals surface area contributed by atoms with Crippen molar-refractivity contribution in [1.29, 1.82) is 0 Å². The molecule has 0 radical (unpaired) electrons. The number of carbonyl (C=O) groups excluding carboxylic acids is 2. The highest BCUT2D eigenvalue weighted by Crippen LogP contribution is 2.43. The van der Waals surface area contributed by atoms with Crippen molar-refractivity contribution in [2.45, 2.75) is 103 Å². The zero-order valence-electron chi connectivity index (χ0n) is 22.4. The second kappa shape index (κ2) is 23.6. The molecule has 0 bridgehead atoms. The van der Waals surface area contributed by atoms with Gasteiger partial charge in [-0.05, 0) is 38.5 Å². The minimum atomic E-state index is -4.58. The van der Waals surface area contributed by atoms with Crippen LogP contribution in [0.15, 0.2) is 24.3 Å². The normalized spacial score (nSPS) is 15.1. The minimum Gasteiger partial charge on any atom is -0.458 e. The van der Waals surface area contributed by atoms with Gasteiger partial charge in [0.1, 0.15) is 12.2 Å². The Kier molecular flexibility index (Phi) is 22.6. The molecule has 0 rings (SSSR count). The number of phosphoric acid groups is 1. The average molecular weight is 551 g/mol. The first-order valence-electron chi connectivity index (χ1n) is 13.2. The van der Waals surface area contributed by atoms with Gasteiger partial charge in [0.25, 0.3) is 0 Å². The second-order valence-electron chi connectivity index (χ2n) is 8.75. The number of ether oxygens (including phenoxy) is 2. The van der Waals surface area contributed by atoms with E-state index in [1.165, 1.54) is 19.3 Å². The number of allylic oxidation sites excluding steroid dienone is 4. The van der Waals surface area contributed by atoms with Crippen LogP contribution < -0.4 is 0 Å². The maximum atomic E-state index is 12.0. The average Bonchev–Trinajstić information content (AvgIpc) is 2.86. The molecule has 3 atom stereocenters. The Hall–Kier alpha value is -1.55. The number of phosphoric ester groups is 1. The lowest BCUT2D eigenvalue weighted by molar-refractivity contribution is -0.153. The number of unbranched alkanes of at least 4 members (excludes halogenated alkanes) is 8. The van der Waals surface area contributed by atoms with E-state index in [2.05, 4.69) is 40.5 Å². The van der Waals surface area contributed by atoms with E-state index in [9.17, 15) is 24.2 Å². The Balaban J connectivity index is 3.91. The fourth-order valence-electron chi connectivity index (χ4n) is 3.20. The lowest BCUT2D eigenvalue weighted by Crippen LogP contribution is -2.28. The minimum absolute atomic E-state index is 0.175. The van der Waals surface area contributed by atoms with E-state index in [-0.39, 0.29) is 6.42 Å². The molecule has 0 amide bonds. The molecule has 10 nitrogen and oxygen atoms in total. The molecule has 0 aromatic rings. The van der Waals surface area contributed by atoms with Gasteiger partial charge in [0.2, 0.25) is 0 Å². The highest BCUT2D eigenvalue weighted by atomic mass is 31.2. The van der Waals surface area contributed by atoms with E-state index in [4.69, 9.17) is 14.4 Å². The fraction of sp³-hybridized carbons (Fsp3) is 0.769. The third-order valence-corrected chi connectivity index (χ3v) is 6.17. The van der Waals surface area contributed by atoms with Crippen molar-refractivity contribution in [1.82, 2.24) is 0 Å². The van der Waals surface area contributed by atoms with E-state index in [1.807, 2.05) is 0 Å². The van der Waals surface area contributed by atoms with E-state index in [1.54, 1.807) is 0 Å². The standard InChI is InChI=1S/C26H47O10P/c1-3-4-5-6-7-8-9-10-11-12-13-14-15-16-17-18-26(30)36-25(20-28)22-34-37(31,32)33-21-24(19-27)35-23(2)29/h7-8,10-11,24-25,27-28H,3-6,9,12-22H2,1-2H3,(H,31,32)/b8-7-,11-10-. The molecular formula is C26H47O10P. The summed E-state index contributed by atoms with van der Waals surface area (Å²) in [7, 11) is -4.58. The number of esters is 2. The van der Waals surface area contributed by atoms with Crippen molar-refractivity contribution >= 4 is 19.8 Å². The molecule has 3 unspecified atom stereocenters. The van der Waals surface area contributed by atoms with Crippen molar-refractivity contribution < 1.29 is 47.8 Å². The Morgan fingerprint density at radius 1 is 0.784 bits per heavy atom. The number of hydrogen-bond acceptors (Lipinski definition) is 9. The monoisotopic (exact) mass is 550 g/mol. The maximum Gasteiger partial charge on any atom is 0.472 e. The number of carbonyl (C=O) groups is 2. The molecule has 11 heteroatoms. The van der Waals surface area contributed by atoms with Crippen LogP contribution in [0, 0.1) is 0 Å². The number of aliphatic hydroxyl groups is 2. The predicted octanol–water partition coefficient (Wildman–Crippen LogP) is 4.76. The Bertz CT molecular complexity index is 695. The van der Waals surface area contributed by atoms with Gasteiger partial charge in [-0.3, -0.25) is 18.6 Å². The Morgan fingerprint density at radius 2 is 1.30 bits per heavy atom. The van der Waals surface area contributed by atoms with Crippen LogP contribution in [0.2, 0.25) is 0 Å². The summed E-state index contributed by atoms with van der Waals surface area (Å²) >= 11 is 0. The highest BCUT2D eigenvalue weighted by molar-refractivity contribution is 7.47. The van der Waals surface area contributed by atoms with Crippen molar-refractivity contribution in [2.75, 3.05) is 26.4 Å². The van der Waals surface area contributed by atoms with Crippen molar-refractivity contribution in [3.63, 3.8) is 0 Å². The smallest absolute Gasteiger partial charge is 0.458 e. The van der Waals surface area contributed by atoms with Crippen LogP contribution >= 0.6 is 7.82 Å². The van der Waals surface area contributed by atoms with Gasteiger partial charge in [-0.1, -0.05) is 63.3 Å². The first-order valence-corrected chi connectivity index (χ1v) is 14.7. The Labute approximate surface area is 221 Å². The largest absolute Gasteiger partial charge is 0.472 e. The van der Waals surface area contributed by atoms with Crippen LogP contribution in [0.5, 0.6) is 0 Å². The van der Waals surface area contributed by atoms with Gasteiger partial charge in [0, 0.05) is 13.3 Å². The maximum absolute atomic E-state index is 12.0. The van der Waals surface area contributed by atoms with Gasteiger partial charge in [-0.15, -0.1) is 0 Å². The molecule has 216 valence electrons. The van der Waals surface area contributed by atoms with Crippen LogP contribution in [0.3, 0.4) is 0 Å². The molecule has 0 fully saturated rings. The lowest BCUT2D eigenvalue weighted by Gasteiger charge is -2.20. The molecule has 0 heterocycles. The van der Waals surface area contributed by atoms with Gasteiger partial charge >= 0.3 is 19.8 Å². The molecular weight excluding hydrogens is 503 g/mol. The third kappa shape index (κ3) is 23.3. The van der Waals surface area contributed by atoms with Crippen molar-refractivity contribution in [3.05, 3.63) is 24.3 Å². The summed E-state index contributed by atoms with van der Waals surface area (Å²) in [6, 6.07) is 0. The van der Waals surface area contributed by atoms with Crippen LogP contribution in [0.4, 0.5) is 0 Å². The van der Waals surface area contributed by atoms with Gasteiger partial charge in [-0.2, -0.15) is 0 Å². The summed E-state index contributed by atoms with van der Waals surface area (Å²) in [5.41, 5.74) is 0. The van der Waals surface area contributed by atoms with Crippen molar-refractivity contribution in [3.8, 4) is 0 Å². The van der Waals surface area contributed by atoms with E-state index < -0.39 is 58.4 Å². The molecule has 0 saturated heterocycles. The molecule has 0 aliphatic heterocycles. The van der Waals surface area contributed by atoms with Gasteiger partial charge in [-0.25, -0.2) is 4.57 Å². The summed E-state index contributed by atoms with van der Waals surface area (Å²) in [5.74, 6) is -1.22. The van der Waals surface area contributed by atoms with Gasteiger partial charge < -0.3 is 24.6 Å². The SMILES string of the molecule is CCCCC/C=C\C/C=C\CCCCCCCC(=O)OC(CO)COP(=O)(O)OCC(CO)OC(C)=O. The second-order valence-corrected chi connectivity index (χ2v) is 10.2. The zero-order chi connectivity index (χ0) is 27.8. The molecule has 37 heavy (non-hydrogen) atoms. The number of hydrogen-bond donors (Lipinski definition) is 3. The van der Waals surface area contributed by atoms with Crippen LogP contribution in [-0.2, 0) is 32.7 Å². The molecule has 0 aromatic heterocycles. The summed E-state index contributed by atoms with van der Waals surface area (Å²) in [6.45, 7) is 0.994. The fourth-order valence-corrected chi connectivity index (χ4v) is 3.98. The summed E-state index contributed by atoms with van der Waals surface area (Å²) in [6.07, 6.45) is 18.5. The topological polar surface area (TPSA) is 149 Å². The lowest BCUT2D eigenvalue weighted by atomic mass is 10.1. The molecule has 0 spiro atoms. The van der Waals surface area contributed by atoms with Gasteiger partial charge in [0.05, 0.1) is 26.4 Å². The van der Waals surface area contributed by atoms with Crippen LogP contribution in [-0.4, -0.2) is 65.7 Å². The molecule has 0 aliphatic rings. The molecule has 0 saturated carbocycles. The van der Waals surface area contributed by atoms with Crippen LogP contribution in [0.25, 0.3) is 0 Å². The highest BCUT2D eigenvalue weighted by Gasteiger charge is 2.27. The number of aliphatic hydroxyl groups excluding tert-OH is 2. The molecule has 0 aliphatic carbocycles. The zero-order valence-corrected chi connectivity index (χ0v) is 23.3. The first kappa shape index (κ1) is 35.5. The first-order chi connectivity index (χ1) is 17.7. The van der Waals surface area contributed by atoms with E-state index in [0.717, 1.165) is 51.9 Å². The van der Waals surface area contributed by atoms with Crippen molar-refractivity contribution in [2.24, 2.45) is 0 Å². The van der Waals surface area contributed by atoms with Crippen LogP contribution in [0.1, 0.15) is 90.9 Å². The summed E-state index contributed by atoms with van der Waals surface area (Å²) in [4.78, 5) is 32.6. The summed E-state index contributed by atoms with van der Waals surface area (Å²) < 4.78 is 31.1. The third-order valence-electron chi connectivity index (χ3n) is 5.22. The summed E-state index contributed by atoms with van der Waals surface area (Å²) in [5, 5.41) is 18.4. The van der Waals surface area contributed by atoms with E-state index in [0.29, 0.717) is 6.42 Å². The molecule has 0 aromatic carbocycles. The number of rotatable bonds is 24. The van der Waals surface area contributed by atoms with E-state index >= 15 is 0 Å². The predicted molar refractivity (Wildman–Crippen MR) is 141 cm³/mol. The molecule has 3 N–H and O–H groups in total. The van der Waals surface area contributed by atoms with Gasteiger partial charge in [0.15, 0.2) is 0 Å².